The van der Waals surface area contributed by atoms with Crippen molar-refractivity contribution < 1.29 is 9.57 Å². The van der Waals surface area contributed by atoms with Crippen LogP contribution in [0.15, 0.2) is 90.1 Å². The molecule has 0 unspecified atom stereocenters. The Hall–Kier alpha value is -3.79. The molecule has 1 aromatic heterocycles. The normalized spacial score (nSPS) is 11.4. The summed E-state index contributed by atoms with van der Waals surface area (Å²) < 4.78 is 7.59. The molecule has 162 valence electrons. The monoisotopic (exact) mass is 424 g/mol. The number of hydrogen-bond acceptors (Lipinski definition) is 3. The van der Waals surface area contributed by atoms with Gasteiger partial charge in [-0.2, -0.15) is 0 Å². The molecule has 4 rings (SSSR count). The van der Waals surface area contributed by atoms with E-state index in [1.165, 1.54) is 5.56 Å². The van der Waals surface area contributed by atoms with Crippen LogP contribution in [-0.2, 0) is 11.4 Å². The Labute approximate surface area is 189 Å². The second-order valence-electron chi connectivity index (χ2n) is 7.86. The average Bonchev–Trinajstić information content (AvgIpc) is 3.18. The molecule has 0 amide bonds. The number of oxime groups is 1. The van der Waals surface area contributed by atoms with Crippen molar-refractivity contribution in [2.75, 3.05) is 7.11 Å². The Kier molecular flexibility index (Phi) is 6.41. The molecule has 0 bridgehead atoms. The first kappa shape index (κ1) is 21.4. The maximum atomic E-state index is 5.68. The van der Waals surface area contributed by atoms with Crippen molar-refractivity contribution in [3.8, 4) is 22.7 Å². The highest BCUT2D eigenvalue weighted by Crippen LogP contribution is 2.31. The number of hydrogen-bond donors (Lipinski definition) is 0. The van der Waals surface area contributed by atoms with Gasteiger partial charge in [-0.15, -0.1) is 0 Å². The van der Waals surface area contributed by atoms with Gasteiger partial charge in [-0.1, -0.05) is 53.2 Å². The van der Waals surface area contributed by atoms with E-state index in [0.29, 0.717) is 6.61 Å². The summed E-state index contributed by atoms with van der Waals surface area (Å²) in [6.07, 6.45) is 0. The van der Waals surface area contributed by atoms with E-state index in [2.05, 4.69) is 90.3 Å². The number of aromatic nitrogens is 1. The van der Waals surface area contributed by atoms with Crippen LogP contribution in [0.3, 0.4) is 0 Å². The zero-order chi connectivity index (χ0) is 22.5. The molecule has 4 heteroatoms. The molecule has 0 saturated carbocycles. The second-order valence-corrected chi connectivity index (χ2v) is 7.86. The SMILES string of the molecule is COc1ccc(-c2cc(/C(C)=N\OCc3ccc(C)cc3)c(C)n2-c2ccccc2)cc1. The summed E-state index contributed by atoms with van der Waals surface area (Å²) in [5.74, 6) is 0.839. The molecule has 0 spiro atoms. The summed E-state index contributed by atoms with van der Waals surface area (Å²) in [7, 11) is 1.68. The smallest absolute Gasteiger partial charge is 0.142 e. The lowest BCUT2D eigenvalue weighted by Gasteiger charge is -2.12. The molecule has 4 nitrogen and oxygen atoms in total. The number of ether oxygens (including phenoxy) is 1. The Balaban J connectivity index is 1.68. The summed E-state index contributed by atoms with van der Waals surface area (Å²) >= 11 is 0. The van der Waals surface area contributed by atoms with Crippen molar-refractivity contribution in [2.24, 2.45) is 5.16 Å². The third-order valence-electron chi connectivity index (χ3n) is 5.59. The minimum absolute atomic E-state index is 0.446. The Morgan fingerprint density at radius 3 is 2.22 bits per heavy atom. The van der Waals surface area contributed by atoms with Crippen molar-refractivity contribution in [1.29, 1.82) is 0 Å². The fourth-order valence-corrected chi connectivity index (χ4v) is 3.79. The molecular formula is C28H28N2O2. The van der Waals surface area contributed by atoms with Crippen LogP contribution in [0, 0.1) is 13.8 Å². The fraction of sp³-hybridized carbons (Fsp3) is 0.179. The van der Waals surface area contributed by atoms with Gasteiger partial charge in [0, 0.05) is 16.9 Å². The molecule has 0 atom stereocenters. The molecule has 0 aliphatic rings. The van der Waals surface area contributed by atoms with Gasteiger partial charge in [0.1, 0.15) is 12.4 Å². The van der Waals surface area contributed by atoms with Crippen LogP contribution in [0.1, 0.15) is 29.3 Å². The van der Waals surface area contributed by atoms with Crippen LogP contribution in [-0.4, -0.2) is 17.4 Å². The van der Waals surface area contributed by atoms with E-state index in [-0.39, 0.29) is 0 Å². The van der Waals surface area contributed by atoms with Crippen LogP contribution >= 0.6 is 0 Å². The molecule has 0 aliphatic carbocycles. The first-order valence-corrected chi connectivity index (χ1v) is 10.7. The summed E-state index contributed by atoms with van der Waals surface area (Å²) in [5, 5.41) is 4.43. The maximum absolute atomic E-state index is 5.68. The van der Waals surface area contributed by atoms with Gasteiger partial charge in [0.25, 0.3) is 0 Å². The Bertz CT molecular complexity index is 1210. The quantitative estimate of drug-likeness (QED) is 0.244. The van der Waals surface area contributed by atoms with Gasteiger partial charge in [-0.25, -0.2) is 0 Å². The van der Waals surface area contributed by atoms with Crippen LogP contribution in [0.25, 0.3) is 16.9 Å². The van der Waals surface area contributed by atoms with Gasteiger partial charge in [0.2, 0.25) is 0 Å². The zero-order valence-electron chi connectivity index (χ0n) is 19.0. The van der Waals surface area contributed by atoms with E-state index in [1.807, 2.05) is 25.1 Å². The zero-order valence-corrected chi connectivity index (χ0v) is 19.0. The van der Waals surface area contributed by atoms with Crippen LogP contribution in [0.2, 0.25) is 0 Å². The van der Waals surface area contributed by atoms with E-state index in [4.69, 9.17) is 9.57 Å². The molecule has 0 radical (unpaired) electrons. The van der Waals surface area contributed by atoms with Crippen molar-refractivity contribution >= 4 is 5.71 Å². The number of aryl methyl sites for hydroxylation is 1. The standard InChI is InChI=1S/C28H28N2O2/c1-20-10-12-23(13-11-20)19-32-29-21(2)27-18-28(24-14-16-26(31-4)17-15-24)30(22(27)3)25-8-6-5-7-9-25/h5-18H,19H2,1-4H3/b29-21-. The summed E-state index contributed by atoms with van der Waals surface area (Å²) in [5.41, 5.74) is 8.67. The van der Waals surface area contributed by atoms with Gasteiger partial charge in [-0.05, 0) is 74.4 Å². The lowest BCUT2D eigenvalue weighted by molar-refractivity contribution is 0.130. The van der Waals surface area contributed by atoms with Crippen molar-refractivity contribution in [1.82, 2.24) is 4.57 Å². The van der Waals surface area contributed by atoms with Crippen LogP contribution in [0.5, 0.6) is 5.75 Å². The average molecular weight is 425 g/mol. The lowest BCUT2D eigenvalue weighted by Crippen LogP contribution is -2.02. The molecular weight excluding hydrogens is 396 g/mol. The molecule has 32 heavy (non-hydrogen) atoms. The predicted molar refractivity (Wildman–Crippen MR) is 131 cm³/mol. The Morgan fingerprint density at radius 2 is 1.56 bits per heavy atom. The number of benzene rings is 3. The fourth-order valence-electron chi connectivity index (χ4n) is 3.79. The number of para-hydroxylation sites is 1. The minimum Gasteiger partial charge on any atom is -0.497 e. The highest BCUT2D eigenvalue weighted by atomic mass is 16.6. The molecule has 0 saturated heterocycles. The minimum atomic E-state index is 0.446. The molecule has 1 heterocycles. The predicted octanol–water partition coefficient (Wildman–Crippen LogP) is 6.71. The third kappa shape index (κ3) is 4.59. The van der Waals surface area contributed by atoms with E-state index in [1.54, 1.807) is 7.11 Å². The maximum Gasteiger partial charge on any atom is 0.142 e. The van der Waals surface area contributed by atoms with E-state index in [9.17, 15) is 0 Å². The second kappa shape index (κ2) is 9.56. The number of nitrogens with zero attached hydrogens (tertiary/aromatic N) is 2. The highest BCUT2D eigenvalue weighted by Gasteiger charge is 2.17. The number of rotatable bonds is 7. The van der Waals surface area contributed by atoms with Crippen molar-refractivity contribution in [3.63, 3.8) is 0 Å². The van der Waals surface area contributed by atoms with Gasteiger partial charge in [-0.3, -0.25) is 0 Å². The largest absolute Gasteiger partial charge is 0.497 e. The molecule has 0 N–H and O–H groups in total. The summed E-state index contributed by atoms with van der Waals surface area (Å²) in [6, 6.07) is 29.0. The van der Waals surface area contributed by atoms with E-state index < -0.39 is 0 Å². The van der Waals surface area contributed by atoms with Crippen molar-refractivity contribution in [2.45, 2.75) is 27.4 Å². The summed E-state index contributed by atoms with van der Waals surface area (Å²) in [4.78, 5) is 5.68. The van der Waals surface area contributed by atoms with Crippen molar-refractivity contribution in [3.05, 3.63) is 107 Å². The van der Waals surface area contributed by atoms with Gasteiger partial charge >= 0.3 is 0 Å². The van der Waals surface area contributed by atoms with E-state index >= 15 is 0 Å². The topological polar surface area (TPSA) is 35.8 Å². The lowest BCUT2D eigenvalue weighted by atomic mass is 10.1. The first-order chi connectivity index (χ1) is 15.6. The molecule has 0 aliphatic heterocycles. The van der Waals surface area contributed by atoms with Gasteiger partial charge in [0.15, 0.2) is 0 Å². The van der Waals surface area contributed by atoms with E-state index in [0.717, 1.165) is 45.2 Å². The summed E-state index contributed by atoms with van der Waals surface area (Å²) in [6.45, 7) is 6.63. The van der Waals surface area contributed by atoms with Gasteiger partial charge < -0.3 is 14.1 Å². The molecule has 4 aromatic rings. The van der Waals surface area contributed by atoms with Crippen LogP contribution < -0.4 is 4.74 Å². The molecule has 3 aromatic carbocycles. The number of methoxy groups -OCH3 is 1. The first-order valence-electron chi connectivity index (χ1n) is 10.7. The third-order valence-corrected chi connectivity index (χ3v) is 5.59. The Morgan fingerprint density at radius 1 is 0.875 bits per heavy atom. The van der Waals surface area contributed by atoms with Crippen LogP contribution in [0.4, 0.5) is 0 Å². The molecule has 0 fully saturated rings. The van der Waals surface area contributed by atoms with Gasteiger partial charge in [0.05, 0.1) is 18.5 Å². The highest BCUT2D eigenvalue weighted by molar-refractivity contribution is 6.01.